The lowest BCUT2D eigenvalue weighted by atomic mass is 9.96. The van der Waals surface area contributed by atoms with Crippen LogP contribution < -0.4 is 20.3 Å². The standard InChI is InChI=1S/C23H29N3O3/c1-18(27)26(17-16-24-23(28)25-19-8-4-2-5-9-19)20-12-14-22(15-13-20)29-21-10-6-3-7-11-21/h3,6-7,10-15,19H,2,4-5,8-9,16-17H2,1H3,(H2,24,25,28). The molecule has 0 unspecified atom stereocenters. The second-order valence-electron chi connectivity index (χ2n) is 7.31. The fourth-order valence-corrected chi connectivity index (χ4v) is 3.55. The van der Waals surface area contributed by atoms with E-state index in [9.17, 15) is 9.59 Å². The van der Waals surface area contributed by atoms with Gasteiger partial charge in [0.25, 0.3) is 0 Å². The Morgan fingerprint density at radius 2 is 1.62 bits per heavy atom. The molecule has 6 heteroatoms. The minimum atomic E-state index is -0.160. The van der Waals surface area contributed by atoms with E-state index in [-0.39, 0.29) is 18.0 Å². The second-order valence-corrected chi connectivity index (χ2v) is 7.31. The first-order chi connectivity index (χ1) is 14.1. The van der Waals surface area contributed by atoms with Crippen LogP contribution >= 0.6 is 0 Å². The van der Waals surface area contributed by atoms with Crippen molar-refractivity contribution in [3.05, 3.63) is 54.6 Å². The van der Waals surface area contributed by atoms with Crippen LogP contribution in [0.25, 0.3) is 0 Å². The van der Waals surface area contributed by atoms with Gasteiger partial charge < -0.3 is 20.3 Å². The molecule has 0 spiro atoms. The summed E-state index contributed by atoms with van der Waals surface area (Å²) in [5, 5.41) is 5.88. The first-order valence-corrected chi connectivity index (χ1v) is 10.3. The SMILES string of the molecule is CC(=O)N(CCNC(=O)NC1CCCCC1)c1ccc(Oc2ccccc2)cc1. The number of rotatable bonds is 7. The van der Waals surface area contributed by atoms with Crippen LogP contribution in [0.2, 0.25) is 0 Å². The molecule has 0 bridgehead atoms. The number of nitrogens with one attached hydrogen (secondary N) is 2. The number of anilines is 1. The van der Waals surface area contributed by atoms with Gasteiger partial charge in [-0.25, -0.2) is 4.79 Å². The van der Waals surface area contributed by atoms with Crippen molar-refractivity contribution in [1.82, 2.24) is 10.6 Å². The number of carbonyl (C=O) groups excluding carboxylic acids is 2. The number of carbonyl (C=O) groups is 2. The molecule has 0 atom stereocenters. The number of benzene rings is 2. The van der Waals surface area contributed by atoms with Crippen LogP contribution in [-0.4, -0.2) is 31.1 Å². The predicted molar refractivity (Wildman–Crippen MR) is 114 cm³/mol. The average Bonchev–Trinajstić information content (AvgIpc) is 2.73. The molecular formula is C23H29N3O3. The Morgan fingerprint density at radius 3 is 2.28 bits per heavy atom. The number of ether oxygens (including phenoxy) is 1. The zero-order chi connectivity index (χ0) is 20.5. The molecular weight excluding hydrogens is 366 g/mol. The van der Waals surface area contributed by atoms with E-state index in [1.54, 1.807) is 4.90 Å². The number of para-hydroxylation sites is 1. The number of urea groups is 1. The van der Waals surface area contributed by atoms with E-state index in [1.807, 2.05) is 54.6 Å². The van der Waals surface area contributed by atoms with E-state index < -0.39 is 0 Å². The highest BCUT2D eigenvalue weighted by molar-refractivity contribution is 5.91. The summed E-state index contributed by atoms with van der Waals surface area (Å²) >= 11 is 0. The maximum Gasteiger partial charge on any atom is 0.315 e. The average molecular weight is 396 g/mol. The van der Waals surface area contributed by atoms with Crippen LogP contribution in [0.1, 0.15) is 39.0 Å². The zero-order valence-corrected chi connectivity index (χ0v) is 16.9. The number of hydrogen-bond donors (Lipinski definition) is 2. The Morgan fingerprint density at radius 1 is 0.966 bits per heavy atom. The van der Waals surface area contributed by atoms with E-state index in [0.29, 0.717) is 18.8 Å². The highest BCUT2D eigenvalue weighted by Crippen LogP contribution is 2.24. The quantitative estimate of drug-likeness (QED) is 0.727. The Labute approximate surface area is 172 Å². The molecule has 1 fully saturated rings. The van der Waals surface area contributed by atoms with Gasteiger partial charge >= 0.3 is 6.03 Å². The second kappa shape index (κ2) is 10.5. The molecule has 6 nitrogen and oxygen atoms in total. The Balaban J connectivity index is 1.50. The lowest BCUT2D eigenvalue weighted by molar-refractivity contribution is -0.116. The van der Waals surface area contributed by atoms with Crippen molar-refractivity contribution in [2.45, 2.75) is 45.1 Å². The molecule has 154 valence electrons. The van der Waals surface area contributed by atoms with Gasteiger partial charge in [-0.3, -0.25) is 4.79 Å². The van der Waals surface area contributed by atoms with E-state index in [0.717, 1.165) is 24.3 Å². The molecule has 1 aliphatic rings. The Kier molecular flexibility index (Phi) is 7.50. The summed E-state index contributed by atoms with van der Waals surface area (Å²) in [5.74, 6) is 1.39. The Bertz CT molecular complexity index is 787. The van der Waals surface area contributed by atoms with Crippen LogP contribution in [0.15, 0.2) is 54.6 Å². The lowest BCUT2D eigenvalue weighted by Crippen LogP contribution is -2.45. The van der Waals surface area contributed by atoms with Gasteiger partial charge in [-0.05, 0) is 49.2 Å². The van der Waals surface area contributed by atoms with E-state index >= 15 is 0 Å². The van der Waals surface area contributed by atoms with E-state index in [2.05, 4.69) is 10.6 Å². The number of amides is 3. The van der Waals surface area contributed by atoms with Gasteiger partial charge in [-0.1, -0.05) is 37.5 Å². The fraction of sp³-hybridized carbons (Fsp3) is 0.391. The van der Waals surface area contributed by atoms with Crippen molar-refractivity contribution in [2.24, 2.45) is 0 Å². The summed E-state index contributed by atoms with van der Waals surface area (Å²) in [5.41, 5.74) is 0.771. The van der Waals surface area contributed by atoms with Crippen LogP contribution in [0.5, 0.6) is 11.5 Å². The maximum absolute atomic E-state index is 12.1. The van der Waals surface area contributed by atoms with Crippen LogP contribution in [-0.2, 0) is 4.79 Å². The first-order valence-electron chi connectivity index (χ1n) is 10.3. The molecule has 1 aliphatic carbocycles. The largest absolute Gasteiger partial charge is 0.457 e. The summed E-state index contributed by atoms with van der Waals surface area (Å²) in [6.07, 6.45) is 5.69. The maximum atomic E-state index is 12.1. The number of hydrogen-bond acceptors (Lipinski definition) is 3. The lowest BCUT2D eigenvalue weighted by Gasteiger charge is -2.24. The van der Waals surface area contributed by atoms with Crippen LogP contribution in [0.3, 0.4) is 0 Å². The van der Waals surface area contributed by atoms with Gasteiger partial charge in [0, 0.05) is 31.7 Å². The molecule has 3 amide bonds. The molecule has 2 N–H and O–H groups in total. The third-order valence-corrected chi connectivity index (χ3v) is 5.07. The summed E-state index contributed by atoms with van der Waals surface area (Å²) < 4.78 is 5.79. The highest BCUT2D eigenvalue weighted by Gasteiger charge is 2.16. The van der Waals surface area contributed by atoms with E-state index in [4.69, 9.17) is 4.74 Å². The molecule has 2 aromatic carbocycles. The summed E-state index contributed by atoms with van der Waals surface area (Å²) in [6, 6.07) is 17.0. The van der Waals surface area contributed by atoms with Crippen molar-refractivity contribution < 1.29 is 14.3 Å². The van der Waals surface area contributed by atoms with Crippen molar-refractivity contribution >= 4 is 17.6 Å². The molecule has 0 aliphatic heterocycles. The summed E-state index contributed by atoms with van der Waals surface area (Å²) in [6.45, 7) is 2.32. The van der Waals surface area contributed by atoms with Gasteiger partial charge in [-0.2, -0.15) is 0 Å². The zero-order valence-electron chi connectivity index (χ0n) is 16.9. The predicted octanol–water partition coefficient (Wildman–Crippen LogP) is 4.46. The van der Waals surface area contributed by atoms with Gasteiger partial charge in [-0.15, -0.1) is 0 Å². The van der Waals surface area contributed by atoms with Crippen molar-refractivity contribution in [3.63, 3.8) is 0 Å². The molecule has 0 aromatic heterocycles. The summed E-state index contributed by atoms with van der Waals surface area (Å²) in [7, 11) is 0. The smallest absolute Gasteiger partial charge is 0.315 e. The minimum Gasteiger partial charge on any atom is -0.457 e. The molecule has 0 heterocycles. The Hall–Kier alpha value is -3.02. The van der Waals surface area contributed by atoms with E-state index in [1.165, 1.54) is 26.2 Å². The van der Waals surface area contributed by atoms with Gasteiger partial charge in [0.2, 0.25) is 5.91 Å². The van der Waals surface area contributed by atoms with Gasteiger partial charge in [0.05, 0.1) is 0 Å². The van der Waals surface area contributed by atoms with Gasteiger partial charge in [0.1, 0.15) is 11.5 Å². The number of nitrogens with zero attached hydrogens (tertiary/aromatic N) is 1. The topological polar surface area (TPSA) is 70.7 Å². The molecule has 2 aromatic rings. The third kappa shape index (κ3) is 6.52. The van der Waals surface area contributed by atoms with Crippen molar-refractivity contribution in [2.75, 3.05) is 18.0 Å². The normalized spacial score (nSPS) is 14.1. The summed E-state index contributed by atoms with van der Waals surface area (Å²) in [4.78, 5) is 25.8. The molecule has 29 heavy (non-hydrogen) atoms. The molecule has 1 saturated carbocycles. The first kappa shape index (κ1) is 20.7. The van der Waals surface area contributed by atoms with Crippen LogP contribution in [0, 0.1) is 0 Å². The van der Waals surface area contributed by atoms with Crippen molar-refractivity contribution in [1.29, 1.82) is 0 Å². The third-order valence-electron chi connectivity index (χ3n) is 5.07. The monoisotopic (exact) mass is 395 g/mol. The molecule has 0 radical (unpaired) electrons. The molecule has 3 rings (SSSR count). The highest BCUT2D eigenvalue weighted by atomic mass is 16.5. The van der Waals surface area contributed by atoms with Crippen LogP contribution in [0.4, 0.5) is 10.5 Å². The minimum absolute atomic E-state index is 0.0729. The fourth-order valence-electron chi connectivity index (χ4n) is 3.55. The molecule has 0 saturated heterocycles. The van der Waals surface area contributed by atoms with Gasteiger partial charge in [0.15, 0.2) is 0 Å². The van der Waals surface area contributed by atoms with Crippen molar-refractivity contribution in [3.8, 4) is 11.5 Å².